The molecule has 0 bridgehead atoms. The highest BCUT2D eigenvalue weighted by molar-refractivity contribution is 6.04. The minimum atomic E-state index is -0.307. The average Bonchev–Trinajstić information content (AvgIpc) is 3.44. The van der Waals surface area contributed by atoms with E-state index in [2.05, 4.69) is 20.5 Å². The lowest BCUT2D eigenvalue weighted by atomic mass is 10.1. The van der Waals surface area contributed by atoms with Gasteiger partial charge in [0.15, 0.2) is 5.58 Å². The standard InChI is InChI=1S/C22H15N5O3/c28-19-11-15(8-9-17(19)22-26-18-6-1-2-7-20(18)30-22)25-21(29)14-4-3-5-16(10-14)27-12-23-24-13-27/h1-13,28H,(H,25,29). The van der Waals surface area contributed by atoms with Crippen molar-refractivity contribution >= 4 is 22.7 Å². The highest BCUT2D eigenvalue weighted by Gasteiger charge is 2.14. The smallest absolute Gasteiger partial charge is 0.255 e. The molecule has 2 N–H and O–H groups in total. The molecule has 0 aliphatic carbocycles. The number of nitrogens with zero attached hydrogens (tertiary/aromatic N) is 4. The predicted molar refractivity (Wildman–Crippen MR) is 110 cm³/mol. The van der Waals surface area contributed by atoms with Crippen LogP contribution in [0.2, 0.25) is 0 Å². The summed E-state index contributed by atoms with van der Waals surface area (Å²) in [5, 5.41) is 20.8. The van der Waals surface area contributed by atoms with Crippen LogP contribution in [-0.2, 0) is 0 Å². The van der Waals surface area contributed by atoms with E-state index in [0.717, 1.165) is 5.69 Å². The number of oxazole rings is 1. The van der Waals surface area contributed by atoms with Gasteiger partial charge in [-0.25, -0.2) is 4.98 Å². The monoisotopic (exact) mass is 397 g/mol. The van der Waals surface area contributed by atoms with Crippen molar-refractivity contribution in [1.82, 2.24) is 19.7 Å². The molecular formula is C22H15N5O3. The average molecular weight is 397 g/mol. The van der Waals surface area contributed by atoms with Crippen LogP contribution in [0.3, 0.4) is 0 Å². The van der Waals surface area contributed by atoms with E-state index in [0.29, 0.717) is 33.8 Å². The Bertz CT molecular complexity index is 1330. The van der Waals surface area contributed by atoms with Gasteiger partial charge in [0.05, 0.1) is 5.56 Å². The Morgan fingerprint density at radius 3 is 2.60 bits per heavy atom. The van der Waals surface area contributed by atoms with Crippen LogP contribution < -0.4 is 5.32 Å². The van der Waals surface area contributed by atoms with E-state index in [1.165, 1.54) is 6.07 Å². The fourth-order valence-corrected chi connectivity index (χ4v) is 3.12. The molecular weight excluding hydrogens is 382 g/mol. The summed E-state index contributed by atoms with van der Waals surface area (Å²) in [7, 11) is 0. The van der Waals surface area contributed by atoms with E-state index in [1.807, 2.05) is 30.3 Å². The molecule has 2 aromatic heterocycles. The number of amides is 1. The molecule has 3 aromatic carbocycles. The number of anilines is 1. The fourth-order valence-electron chi connectivity index (χ4n) is 3.12. The molecule has 0 spiro atoms. The third kappa shape index (κ3) is 3.26. The van der Waals surface area contributed by atoms with Gasteiger partial charge >= 0.3 is 0 Å². The largest absolute Gasteiger partial charge is 0.507 e. The molecule has 0 aliphatic rings. The number of fused-ring (bicyclic) bond motifs is 1. The Labute approximate surface area is 170 Å². The first-order chi connectivity index (χ1) is 14.7. The first-order valence-electron chi connectivity index (χ1n) is 9.13. The molecule has 146 valence electrons. The Kier molecular flexibility index (Phi) is 4.21. The predicted octanol–water partition coefficient (Wildman–Crippen LogP) is 4.03. The number of hydrogen-bond acceptors (Lipinski definition) is 6. The highest BCUT2D eigenvalue weighted by Crippen LogP contribution is 2.33. The molecule has 0 saturated carbocycles. The van der Waals surface area contributed by atoms with Gasteiger partial charge in [0.25, 0.3) is 5.91 Å². The quantitative estimate of drug-likeness (QED) is 0.474. The SMILES string of the molecule is O=C(Nc1ccc(-c2nc3ccccc3o2)c(O)c1)c1cccc(-n2cnnc2)c1. The first-order valence-corrected chi connectivity index (χ1v) is 9.13. The summed E-state index contributed by atoms with van der Waals surface area (Å²) in [6.07, 6.45) is 3.11. The fraction of sp³-hybridized carbons (Fsp3) is 0. The number of nitrogens with one attached hydrogen (secondary N) is 1. The third-order valence-electron chi connectivity index (χ3n) is 4.61. The summed E-state index contributed by atoms with van der Waals surface area (Å²) >= 11 is 0. The Morgan fingerprint density at radius 2 is 1.80 bits per heavy atom. The minimum absolute atomic E-state index is 0.0439. The summed E-state index contributed by atoms with van der Waals surface area (Å²) < 4.78 is 7.41. The van der Waals surface area contributed by atoms with Crippen molar-refractivity contribution in [3.8, 4) is 22.9 Å². The molecule has 5 aromatic rings. The second-order valence-corrected chi connectivity index (χ2v) is 6.59. The van der Waals surface area contributed by atoms with E-state index < -0.39 is 0 Å². The lowest BCUT2D eigenvalue weighted by Gasteiger charge is -2.09. The molecule has 5 rings (SSSR count). The minimum Gasteiger partial charge on any atom is -0.507 e. The number of carbonyl (C=O) groups is 1. The summed E-state index contributed by atoms with van der Waals surface area (Å²) in [6, 6.07) is 19.2. The molecule has 0 atom stereocenters. The summed E-state index contributed by atoms with van der Waals surface area (Å²) in [4.78, 5) is 17.0. The lowest BCUT2D eigenvalue weighted by Crippen LogP contribution is -2.12. The number of aromatic nitrogens is 4. The number of phenolic OH excluding ortho intramolecular Hbond substituents is 1. The van der Waals surface area contributed by atoms with Crippen LogP contribution in [0.4, 0.5) is 5.69 Å². The van der Waals surface area contributed by atoms with Crippen molar-refractivity contribution in [2.45, 2.75) is 0 Å². The first kappa shape index (κ1) is 17.6. The number of aromatic hydroxyl groups is 1. The zero-order chi connectivity index (χ0) is 20.5. The molecule has 8 nitrogen and oxygen atoms in total. The Hall–Kier alpha value is -4.46. The van der Waals surface area contributed by atoms with E-state index >= 15 is 0 Å². The van der Waals surface area contributed by atoms with Crippen molar-refractivity contribution in [3.63, 3.8) is 0 Å². The maximum Gasteiger partial charge on any atom is 0.255 e. The number of carbonyl (C=O) groups excluding carboxylic acids is 1. The number of phenols is 1. The van der Waals surface area contributed by atoms with Gasteiger partial charge in [-0.1, -0.05) is 18.2 Å². The van der Waals surface area contributed by atoms with Crippen LogP contribution in [0.5, 0.6) is 5.75 Å². The van der Waals surface area contributed by atoms with Gasteiger partial charge in [0, 0.05) is 23.0 Å². The van der Waals surface area contributed by atoms with Crippen LogP contribution in [0.25, 0.3) is 28.2 Å². The van der Waals surface area contributed by atoms with Crippen molar-refractivity contribution < 1.29 is 14.3 Å². The van der Waals surface area contributed by atoms with Crippen LogP contribution in [0.1, 0.15) is 10.4 Å². The molecule has 0 saturated heterocycles. The van der Waals surface area contributed by atoms with Crippen molar-refractivity contribution in [2.24, 2.45) is 0 Å². The van der Waals surface area contributed by atoms with Gasteiger partial charge in [0.2, 0.25) is 5.89 Å². The Morgan fingerprint density at radius 1 is 0.967 bits per heavy atom. The van der Waals surface area contributed by atoms with Crippen molar-refractivity contribution in [2.75, 3.05) is 5.32 Å². The normalized spacial score (nSPS) is 10.9. The van der Waals surface area contributed by atoms with E-state index in [-0.39, 0.29) is 11.7 Å². The second-order valence-electron chi connectivity index (χ2n) is 6.59. The van der Waals surface area contributed by atoms with Crippen molar-refractivity contribution in [1.29, 1.82) is 0 Å². The summed E-state index contributed by atoms with van der Waals surface area (Å²) in [5.74, 6) is -0.0373. The molecule has 0 unspecified atom stereocenters. The second kappa shape index (κ2) is 7.17. The lowest BCUT2D eigenvalue weighted by molar-refractivity contribution is 0.102. The molecule has 0 fully saturated rings. The Balaban J connectivity index is 1.38. The molecule has 8 heteroatoms. The van der Waals surface area contributed by atoms with Gasteiger partial charge in [-0.15, -0.1) is 10.2 Å². The van der Waals surface area contributed by atoms with E-state index in [9.17, 15) is 9.90 Å². The molecule has 1 amide bonds. The van der Waals surface area contributed by atoms with E-state index in [4.69, 9.17) is 4.42 Å². The maximum atomic E-state index is 12.7. The highest BCUT2D eigenvalue weighted by atomic mass is 16.3. The van der Waals surface area contributed by atoms with Crippen LogP contribution in [0, 0.1) is 0 Å². The van der Waals surface area contributed by atoms with E-state index in [1.54, 1.807) is 47.6 Å². The van der Waals surface area contributed by atoms with Gasteiger partial charge in [0.1, 0.15) is 23.9 Å². The summed E-state index contributed by atoms with van der Waals surface area (Å²) in [5.41, 5.74) is 3.46. The van der Waals surface area contributed by atoms with Gasteiger partial charge in [-0.05, 0) is 42.5 Å². The van der Waals surface area contributed by atoms with Gasteiger partial charge < -0.3 is 14.8 Å². The summed E-state index contributed by atoms with van der Waals surface area (Å²) in [6.45, 7) is 0. The molecule has 0 aliphatic heterocycles. The van der Waals surface area contributed by atoms with Gasteiger partial charge in [-0.2, -0.15) is 0 Å². The molecule has 30 heavy (non-hydrogen) atoms. The van der Waals surface area contributed by atoms with Crippen LogP contribution in [0.15, 0.2) is 83.8 Å². The number of benzene rings is 3. The van der Waals surface area contributed by atoms with Crippen LogP contribution in [-0.4, -0.2) is 30.8 Å². The van der Waals surface area contributed by atoms with Gasteiger partial charge in [-0.3, -0.25) is 9.36 Å². The maximum absolute atomic E-state index is 12.7. The third-order valence-corrected chi connectivity index (χ3v) is 4.61. The number of rotatable bonds is 4. The number of hydrogen-bond donors (Lipinski definition) is 2. The number of para-hydroxylation sites is 2. The van der Waals surface area contributed by atoms with Crippen molar-refractivity contribution in [3.05, 3.63) is 84.9 Å². The topological polar surface area (TPSA) is 106 Å². The zero-order valence-corrected chi connectivity index (χ0v) is 15.6. The molecule has 0 radical (unpaired) electrons. The van der Waals surface area contributed by atoms with Crippen LogP contribution >= 0.6 is 0 Å². The zero-order valence-electron chi connectivity index (χ0n) is 15.6. The molecule has 2 heterocycles.